The Morgan fingerprint density at radius 3 is 2.30 bits per heavy atom. The highest BCUT2D eigenvalue weighted by Crippen LogP contribution is 2.30. The first-order chi connectivity index (χ1) is 14.5. The number of nitrogens with one attached hydrogen (secondary N) is 1. The van der Waals surface area contributed by atoms with E-state index >= 15 is 0 Å². The van der Waals surface area contributed by atoms with E-state index in [9.17, 15) is 13.2 Å². The zero-order chi connectivity index (χ0) is 21.1. The smallest absolute Gasteiger partial charge is 0.255 e. The Labute approximate surface area is 178 Å². The quantitative estimate of drug-likeness (QED) is 0.782. The summed E-state index contributed by atoms with van der Waals surface area (Å²) in [4.78, 5) is 15.5. The number of hydrogen-bond acceptors (Lipinski definition) is 4. The van der Waals surface area contributed by atoms with Crippen LogP contribution in [0.1, 0.15) is 48.0 Å². The second-order valence-corrected chi connectivity index (χ2v) is 10.0. The van der Waals surface area contributed by atoms with E-state index in [0.29, 0.717) is 24.2 Å². The van der Waals surface area contributed by atoms with E-state index in [-0.39, 0.29) is 10.8 Å². The maximum absolute atomic E-state index is 13.2. The van der Waals surface area contributed by atoms with Crippen LogP contribution in [-0.4, -0.2) is 44.8 Å². The van der Waals surface area contributed by atoms with Gasteiger partial charge in [0.25, 0.3) is 5.91 Å². The highest BCUT2D eigenvalue weighted by atomic mass is 32.2. The molecule has 7 heteroatoms. The maximum atomic E-state index is 13.2. The molecule has 30 heavy (non-hydrogen) atoms. The predicted molar refractivity (Wildman–Crippen MR) is 120 cm³/mol. The van der Waals surface area contributed by atoms with Crippen LogP contribution in [0.2, 0.25) is 0 Å². The second kappa shape index (κ2) is 8.78. The summed E-state index contributed by atoms with van der Waals surface area (Å²) in [6.45, 7) is 4.83. The van der Waals surface area contributed by atoms with Gasteiger partial charge in [0, 0.05) is 31.7 Å². The van der Waals surface area contributed by atoms with E-state index in [1.165, 1.54) is 6.07 Å². The molecule has 0 atom stereocenters. The molecule has 2 aromatic rings. The van der Waals surface area contributed by atoms with E-state index in [2.05, 4.69) is 10.2 Å². The lowest BCUT2D eigenvalue weighted by Gasteiger charge is -2.26. The number of aryl methyl sites for hydroxylation is 1. The van der Waals surface area contributed by atoms with Crippen LogP contribution in [0.25, 0.3) is 0 Å². The first-order valence-corrected chi connectivity index (χ1v) is 12.2. The minimum absolute atomic E-state index is 0.227. The predicted octanol–water partition coefficient (Wildman–Crippen LogP) is 4.02. The van der Waals surface area contributed by atoms with Crippen molar-refractivity contribution in [3.05, 3.63) is 53.6 Å². The number of amides is 1. The van der Waals surface area contributed by atoms with E-state index < -0.39 is 10.0 Å². The summed E-state index contributed by atoms with van der Waals surface area (Å²) in [5, 5.41) is 2.99. The van der Waals surface area contributed by atoms with Crippen LogP contribution < -0.4 is 10.2 Å². The molecule has 0 aliphatic carbocycles. The van der Waals surface area contributed by atoms with Gasteiger partial charge < -0.3 is 10.2 Å². The van der Waals surface area contributed by atoms with Crippen molar-refractivity contribution in [2.75, 3.05) is 36.4 Å². The normalized spacial score (nSPS) is 17.8. The Morgan fingerprint density at radius 2 is 1.57 bits per heavy atom. The number of benzene rings is 2. The SMILES string of the molecule is Cc1ccc(C(=O)Nc2ccccc2N2CCCC2)cc1S(=O)(=O)N1CCCCC1. The lowest BCUT2D eigenvalue weighted by Crippen LogP contribution is -2.36. The van der Waals surface area contributed by atoms with Gasteiger partial charge in [0.1, 0.15) is 0 Å². The first-order valence-electron chi connectivity index (χ1n) is 10.7. The zero-order valence-electron chi connectivity index (χ0n) is 17.4. The number of piperidine rings is 1. The Balaban J connectivity index is 1.60. The number of anilines is 2. The van der Waals surface area contributed by atoms with E-state index in [1.807, 2.05) is 24.3 Å². The molecule has 2 saturated heterocycles. The standard InChI is InChI=1S/C23H29N3O3S/c1-18-11-12-19(17-22(18)30(28,29)26-15-5-2-6-16-26)23(27)24-20-9-3-4-10-21(20)25-13-7-8-14-25/h3-4,9-12,17H,2,5-8,13-16H2,1H3,(H,24,27). The fourth-order valence-electron chi connectivity index (χ4n) is 4.27. The number of nitrogens with zero attached hydrogens (tertiary/aromatic N) is 2. The largest absolute Gasteiger partial charge is 0.370 e. The summed E-state index contributed by atoms with van der Waals surface area (Å²) >= 11 is 0. The lowest BCUT2D eigenvalue weighted by atomic mass is 10.1. The molecule has 2 fully saturated rings. The van der Waals surface area contributed by atoms with Gasteiger partial charge in [-0.15, -0.1) is 0 Å². The van der Waals surface area contributed by atoms with Crippen LogP contribution in [0.4, 0.5) is 11.4 Å². The van der Waals surface area contributed by atoms with Gasteiger partial charge in [0.15, 0.2) is 0 Å². The molecule has 2 aliphatic rings. The van der Waals surface area contributed by atoms with Crippen LogP contribution in [0.3, 0.4) is 0 Å². The van der Waals surface area contributed by atoms with Crippen molar-refractivity contribution in [1.29, 1.82) is 0 Å². The summed E-state index contributed by atoms with van der Waals surface area (Å²) in [6, 6.07) is 12.7. The Kier molecular flexibility index (Phi) is 6.11. The van der Waals surface area contributed by atoms with Crippen molar-refractivity contribution >= 4 is 27.3 Å². The molecule has 1 N–H and O–H groups in total. The number of rotatable bonds is 5. The monoisotopic (exact) mass is 427 g/mol. The van der Waals surface area contributed by atoms with Crippen LogP contribution >= 0.6 is 0 Å². The van der Waals surface area contributed by atoms with Crippen LogP contribution in [0.5, 0.6) is 0 Å². The minimum Gasteiger partial charge on any atom is -0.370 e. The average molecular weight is 428 g/mol. The van der Waals surface area contributed by atoms with Crippen LogP contribution in [0.15, 0.2) is 47.4 Å². The van der Waals surface area contributed by atoms with Crippen molar-refractivity contribution in [1.82, 2.24) is 4.31 Å². The van der Waals surface area contributed by atoms with Gasteiger partial charge in [0.2, 0.25) is 10.0 Å². The Bertz CT molecular complexity index is 1020. The molecule has 6 nitrogen and oxygen atoms in total. The number of carbonyl (C=O) groups is 1. The molecule has 160 valence electrons. The molecule has 1 amide bonds. The van der Waals surface area contributed by atoms with Crippen LogP contribution in [0, 0.1) is 6.92 Å². The van der Waals surface area contributed by atoms with Crippen molar-refractivity contribution in [2.24, 2.45) is 0 Å². The summed E-state index contributed by atoms with van der Waals surface area (Å²) in [7, 11) is -3.60. The molecule has 0 aromatic heterocycles. The average Bonchev–Trinajstić information content (AvgIpc) is 3.29. The number of hydrogen-bond donors (Lipinski definition) is 1. The Morgan fingerprint density at radius 1 is 0.900 bits per heavy atom. The van der Waals surface area contributed by atoms with Crippen molar-refractivity contribution < 1.29 is 13.2 Å². The number of para-hydroxylation sites is 2. The highest BCUT2D eigenvalue weighted by Gasteiger charge is 2.28. The molecule has 0 unspecified atom stereocenters. The summed E-state index contributed by atoms with van der Waals surface area (Å²) in [6.07, 6.45) is 5.12. The second-order valence-electron chi connectivity index (χ2n) is 8.11. The third kappa shape index (κ3) is 4.23. The molecule has 0 saturated carbocycles. The maximum Gasteiger partial charge on any atom is 0.255 e. The molecule has 0 spiro atoms. The van der Waals surface area contributed by atoms with Gasteiger partial charge in [-0.2, -0.15) is 4.31 Å². The first kappa shape index (κ1) is 20.9. The topological polar surface area (TPSA) is 69.7 Å². The fourth-order valence-corrected chi connectivity index (χ4v) is 6.04. The third-order valence-corrected chi connectivity index (χ3v) is 8.02. The Hall–Kier alpha value is -2.38. The van der Waals surface area contributed by atoms with Gasteiger partial charge in [-0.3, -0.25) is 4.79 Å². The summed E-state index contributed by atoms with van der Waals surface area (Å²) < 4.78 is 27.9. The van der Waals surface area contributed by atoms with Crippen molar-refractivity contribution in [3.63, 3.8) is 0 Å². The summed E-state index contributed by atoms with van der Waals surface area (Å²) in [5.41, 5.74) is 2.78. The zero-order valence-corrected chi connectivity index (χ0v) is 18.2. The molecule has 2 heterocycles. The molecule has 0 bridgehead atoms. The molecular weight excluding hydrogens is 398 g/mol. The molecular formula is C23H29N3O3S. The highest BCUT2D eigenvalue weighted by molar-refractivity contribution is 7.89. The third-order valence-electron chi connectivity index (χ3n) is 5.98. The molecule has 0 radical (unpaired) electrons. The minimum atomic E-state index is -3.60. The van der Waals surface area contributed by atoms with Gasteiger partial charge in [-0.1, -0.05) is 24.6 Å². The van der Waals surface area contributed by atoms with E-state index in [1.54, 1.807) is 23.4 Å². The summed E-state index contributed by atoms with van der Waals surface area (Å²) in [5.74, 6) is -0.295. The van der Waals surface area contributed by atoms with Gasteiger partial charge in [-0.05, 0) is 62.4 Å². The fraction of sp³-hybridized carbons (Fsp3) is 0.435. The lowest BCUT2D eigenvalue weighted by molar-refractivity contribution is 0.102. The van der Waals surface area contributed by atoms with Crippen molar-refractivity contribution in [2.45, 2.75) is 43.9 Å². The van der Waals surface area contributed by atoms with Gasteiger partial charge in [-0.25, -0.2) is 8.42 Å². The number of sulfonamides is 1. The van der Waals surface area contributed by atoms with Gasteiger partial charge in [0.05, 0.1) is 16.3 Å². The van der Waals surface area contributed by atoms with E-state index in [0.717, 1.165) is 56.6 Å². The number of carbonyl (C=O) groups excluding carboxylic acids is 1. The van der Waals surface area contributed by atoms with Crippen molar-refractivity contribution in [3.8, 4) is 0 Å². The molecule has 2 aromatic carbocycles. The van der Waals surface area contributed by atoms with E-state index in [4.69, 9.17) is 0 Å². The van der Waals surface area contributed by atoms with Gasteiger partial charge >= 0.3 is 0 Å². The molecule has 4 rings (SSSR count). The molecule has 2 aliphatic heterocycles. The van der Waals surface area contributed by atoms with Crippen LogP contribution in [-0.2, 0) is 10.0 Å².